The summed E-state index contributed by atoms with van der Waals surface area (Å²) in [7, 11) is 3.55. The lowest BCUT2D eigenvalue weighted by atomic mass is 9.70. The van der Waals surface area contributed by atoms with Crippen molar-refractivity contribution in [1.82, 2.24) is 40.2 Å². The number of benzene rings is 2. The van der Waals surface area contributed by atoms with E-state index in [1.807, 2.05) is 43.4 Å². The van der Waals surface area contributed by atoms with E-state index in [-0.39, 0.29) is 40.4 Å². The molecule has 2 fully saturated rings. The molecule has 2 aromatic heterocycles. The van der Waals surface area contributed by atoms with Gasteiger partial charge < -0.3 is 15.7 Å². The van der Waals surface area contributed by atoms with Gasteiger partial charge in [0.1, 0.15) is 17.2 Å². The van der Waals surface area contributed by atoms with Crippen molar-refractivity contribution in [3.05, 3.63) is 76.0 Å². The van der Waals surface area contributed by atoms with Gasteiger partial charge in [0.2, 0.25) is 5.91 Å². The first-order chi connectivity index (χ1) is 24.4. The Morgan fingerprint density at radius 3 is 1.94 bits per heavy atom. The van der Waals surface area contributed by atoms with Crippen LogP contribution >= 0.6 is 23.2 Å². The Balaban J connectivity index is 0.000000176. The topological polar surface area (TPSA) is 140 Å². The number of nitrogens with one attached hydrogen (secondary N) is 2. The molecule has 2 aliphatic carbocycles. The van der Waals surface area contributed by atoms with Gasteiger partial charge in [-0.2, -0.15) is 10.2 Å². The molecule has 7 rings (SSSR count). The monoisotopic (exact) mass is 732 g/mol. The molecule has 11 nitrogen and oxygen atoms in total. The van der Waals surface area contributed by atoms with Crippen LogP contribution in [-0.4, -0.2) is 59.5 Å². The molecule has 4 aromatic rings. The lowest BCUT2D eigenvalue weighted by Gasteiger charge is -2.40. The summed E-state index contributed by atoms with van der Waals surface area (Å²) in [5.41, 5.74) is 1.81. The van der Waals surface area contributed by atoms with Gasteiger partial charge >= 0.3 is 0 Å². The molecule has 3 N–H and O–H groups in total. The molecule has 0 unspecified atom stereocenters. The van der Waals surface area contributed by atoms with Gasteiger partial charge in [0.25, 0.3) is 5.91 Å². The molecule has 0 atom stereocenters. The highest BCUT2D eigenvalue weighted by Gasteiger charge is 2.44. The number of carbonyl (C=O) groups is 2. The summed E-state index contributed by atoms with van der Waals surface area (Å²) in [6, 6.07) is 14.6. The fourth-order valence-corrected chi connectivity index (χ4v) is 7.61. The molecule has 0 bridgehead atoms. The highest BCUT2D eigenvalue weighted by atomic mass is 35.5. The van der Waals surface area contributed by atoms with Gasteiger partial charge in [-0.1, -0.05) is 68.7 Å². The van der Waals surface area contributed by atoms with E-state index < -0.39 is 0 Å². The number of aromatic nitrogens is 6. The van der Waals surface area contributed by atoms with Crippen LogP contribution in [-0.2, 0) is 30.1 Å². The molecule has 2 aromatic carbocycles. The molecule has 2 amide bonds. The van der Waals surface area contributed by atoms with E-state index in [4.69, 9.17) is 23.2 Å². The standard InChI is InChI=1S/C19H21ClN4O2.C19H25ClN4O/c1-24-17(22-16(23-24)12-5-7-13(20)8-6-12)14-15(25)19(11-21-18(14)26)9-3-2-4-10-19;1-19(10-4-3-5-11-19)13-21-17(25)12-16-22-18(23-24(16)2)14-6-8-15(20)9-7-14/h5-8,25H,2-4,9-11H2,1H3,(H,21,26);6-9H,3-5,10-13H2,1-2H3,(H,21,25). The number of amides is 2. The minimum absolute atomic E-state index is 0.00459. The van der Waals surface area contributed by atoms with Crippen molar-refractivity contribution in [3.63, 3.8) is 0 Å². The lowest BCUT2D eigenvalue weighted by Crippen LogP contribution is -2.46. The van der Waals surface area contributed by atoms with Crippen molar-refractivity contribution in [2.24, 2.45) is 24.9 Å². The molecule has 1 aliphatic heterocycles. The number of aryl methyl sites for hydroxylation is 2. The van der Waals surface area contributed by atoms with Gasteiger partial charge in [0, 0.05) is 53.8 Å². The van der Waals surface area contributed by atoms with Crippen LogP contribution in [0.3, 0.4) is 0 Å². The minimum Gasteiger partial charge on any atom is -0.511 e. The Morgan fingerprint density at radius 2 is 1.35 bits per heavy atom. The Bertz CT molecular complexity index is 1890. The number of nitrogens with zero attached hydrogens (tertiary/aromatic N) is 6. The third-order valence-electron chi connectivity index (χ3n) is 10.5. The average Bonchev–Trinajstić information content (AvgIpc) is 3.69. The summed E-state index contributed by atoms with van der Waals surface area (Å²) < 4.78 is 3.22. The van der Waals surface area contributed by atoms with Crippen LogP contribution in [0.1, 0.15) is 82.8 Å². The van der Waals surface area contributed by atoms with Crippen LogP contribution in [0.15, 0.2) is 54.3 Å². The number of aliphatic hydroxyl groups is 1. The van der Waals surface area contributed by atoms with E-state index in [2.05, 4.69) is 37.7 Å². The van der Waals surface area contributed by atoms with Crippen molar-refractivity contribution in [2.45, 2.75) is 77.6 Å². The zero-order valence-electron chi connectivity index (χ0n) is 29.5. The normalized spacial score (nSPS) is 18.2. The number of halogens is 2. The van der Waals surface area contributed by atoms with E-state index >= 15 is 0 Å². The van der Waals surface area contributed by atoms with Crippen molar-refractivity contribution >= 4 is 40.6 Å². The zero-order chi connectivity index (χ0) is 36.2. The predicted molar refractivity (Wildman–Crippen MR) is 199 cm³/mol. The molecule has 0 radical (unpaired) electrons. The smallest absolute Gasteiger partial charge is 0.258 e. The molecule has 0 saturated heterocycles. The van der Waals surface area contributed by atoms with Crippen LogP contribution in [0.5, 0.6) is 0 Å². The summed E-state index contributed by atoms with van der Waals surface area (Å²) in [5.74, 6) is 2.03. The summed E-state index contributed by atoms with van der Waals surface area (Å²) in [5, 5.41) is 27.2. The quantitative estimate of drug-likeness (QED) is 0.182. The van der Waals surface area contributed by atoms with Gasteiger partial charge in [-0.15, -0.1) is 0 Å². The fourth-order valence-electron chi connectivity index (χ4n) is 7.36. The summed E-state index contributed by atoms with van der Waals surface area (Å²) in [6.45, 7) is 3.50. The highest BCUT2D eigenvalue weighted by molar-refractivity contribution is 6.31. The van der Waals surface area contributed by atoms with E-state index in [0.717, 1.165) is 43.4 Å². The third kappa shape index (κ3) is 8.47. The number of hydrogen-bond acceptors (Lipinski definition) is 7. The molecular weight excluding hydrogens is 687 g/mol. The molecule has 51 heavy (non-hydrogen) atoms. The predicted octanol–water partition coefficient (Wildman–Crippen LogP) is 7.25. The minimum atomic E-state index is -0.367. The first-order valence-electron chi connectivity index (χ1n) is 17.8. The van der Waals surface area contributed by atoms with Gasteiger partial charge in [-0.25, -0.2) is 14.6 Å². The maximum atomic E-state index is 12.5. The second-order valence-electron chi connectivity index (χ2n) is 14.4. The fraction of sp³-hybridized carbons (Fsp3) is 0.474. The van der Waals surface area contributed by atoms with Crippen LogP contribution in [0.4, 0.5) is 0 Å². The Hall–Kier alpha value is -4.22. The largest absolute Gasteiger partial charge is 0.511 e. The molecule has 3 heterocycles. The summed E-state index contributed by atoms with van der Waals surface area (Å²) in [4.78, 5) is 33.9. The first-order valence-corrected chi connectivity index (χ1v) is 18.5. The molecule has 3 aliphatic rings. The number of hydrogen-bond donors (Lipinski definition) is 3. The number of carbonyl (C=O) groups excluding carboxylic acids is 2. The SMILES string of the molecule is Cn1nc(-c2ccc(Cl)cc2)nc1C1=C(O)C2(CCCCC2)CNC1=O.Cn1nc(-c2ccc(Cl)cc2)nc1CC(=O)NCC1(C)CCCCC1. The highest BCUT2D eigenvalue weighted by Crippen LogP contribution is 2.45. The van der Waals surface area contributed by atoms with Crippen LogP contribution in [0.2, 0.25) is 10.0 Å². The van der Waals surface area contributed by atoms with Gasteiger partial charge in [-0.05, 0) is 79.6 Å². The Morgan fingerprint density at radius 1 is 0.824 bits per heavy atom. The molecule has 2 saturated carbocycles. The van der Waals surface area contributed by atoms with Crippen molar-refractivity contribution in [1.29, 1.82) is 0 Å². The third-order valence-corrected chi connectivity index (χ3v) is 11.0. The first kappa shape index (κ1) is 36.6. The molecular formula is C38H46Cl2N8O3. The van der Waals surface area contributed by atoms with Gasteiger partial charge in [-0.3, -0.25) is 14.3 Å². The van der Waals surface area contributed by atoms with Crippen LogP contribution in [0.25, 0.3) is 28.3 Å². The molecule has 1 spiro atoms. The Kier molecular flexibility index (Phi) is 11.2. The van der Waals surface area contributed by atoms with Crippen molar-refractivity contribution in [2.75, 3.05) is 13.1 Å². The summed E-state index contributed by atoms with van der Waals surface area (Å²) >= 11 is 11.9. The maximum absolute atomic E-state index is 12.5. The van der Waals surface area contributed by atoms with Crippen LogP contribution < -0.4 is 10.6 Å². The van der Waals surface area contributed by atoms with Gasteiger partial charge in [0.05, 0.1) is 6.42 Å². The van der Waals surface area contributed by atoms with E-state index in [1.165, 1.54) is 38.5 Å². The van der Waals surface area contributed by atoms with E-state index in [9.17, 15) is 14.7 Å². The van der Waals surface area contributed by atoms with Gasteiger partial charge in [0.15, 0.2) is 17.5 Å². The number of rotatable bonds is 7. The summed E-state index contributed by atoms with van der Waals surface area (Å²) in [6.07, 6.45) is 11.5. The second kappa shape index (κ2) is 15.6. The van der Waals surface area contributed by atoms with Crippen molar-refractivity contribution < 1.29 is 14.7 Å². The van der Waals surface area contributed by atoms with Crippen molar-refractivity contribution in [3.8, 4) is 22.8 Å². The maximum Gasteiger partial charge on any atom is 0.258 e. The molecule has 270 valence electrons. The average molecular weight is 734 g/mol. The zero-order valence-corrected chi connectivity index (χ0v) is 31.0. The Labute approximate surface area is 308 Å². The molecule has 13 heteroatoms. The van der Waals surface area contributed by atoms with E-state index in [0.29, 0.717) is 39.9 Å². The van der Waals surface area contributed by atoms with Crippen LogP contribution in [0, 0.1) is 10.8 Å². The lowest BCUT2D eigenvalue weighted by molar-refractivity contribution is -0.121. The second-order valence-corrected chi connectivity index (χ2v) is 15.3. The van der Waals surface area contributed by atoms with E-state index in [1.54, 1.807) is 28.5 Å². The number of aliphatic hydroxyl groups excluding tert-OH is 1.